The minimum Gasteiger partial charge on any atom is -0.462 e. The van der Waals surface area contributed by atoms with Crippen molar-refractivity contribution in [3.63, 3.8) is 0 Å². The molecule has 0 saturated carbocycles. The van der Waals surface area contributed by atoms with Gasteiger partial charge in [0.2, 0.25) is 0 Å². The maximum Gasteiger partial charge on any atom is 0.340 e. The highest BCUT2D eigenvalue weighted by molar-refractivity contribution is 9.10. The molecular formula is C9H8BrN3O2S. The fourth-order valence-corrected chi connectivity index (χ4v) is 2.29. The summed E-state index contributed by atoms with van der Waals surface area (Å²) in [6.45, 7) is 1.92. The van der Waals surface area contributed by atoms with E-state index in [9.17, 15) is 4.79 Å². The molecule has 0 aliphatic heterocycles. The van der Waals surface area contributed by atoms with Crippen LogP contribution in [0.15, 0.2) is 26.0 Å². The van der Waals surface area contributed by atoms with E-state index in [0.717, 1.165) is 10.0 Å². The van der Waals surface area contributed by atoms with Crippen LogP contribution in [0, 0.1) is 0 Å². The molecule has 5 nitrogen and oxygen atoms in total. The first-order valence-electron chi connectivity index (χ1n) is 4.34. The number of nitrogens with zero attached hydrogens (tertiary/aromatic N) is 3. The summed E-state index contributed by atoms with van der Waals surface area (Å²) in [6.07, 6.45) is 1.48. The van der Waals surface area contributed by atoms with E-state index in [1.54, 1.807) is 6.92 Å². The number of rotatable bonds is 4. The standard InChI is InChI=1S/C9H8BrN3O2S/c1-2-15-9(14)8(12-13-11)3-6-4-16-5-7(6)10/h3-5H,2H2,1H3/b8-3-. The topological polar surface area (TPSA) is 75.1 Å². The van der Waals surface area contributed by atoms with Crippen molar-refractivity contribution >= 4 is 39.3 Å². The smallest absolute Gasteiger partial charge is 0.340 e. The van der Waals surface area contributed by atoms with Gasteiger partial charge >= 0.3 is 5.97 Å². The molecule has 0 spiro atoms. The normalized spacial score (nSPS) is 10.8. The maximum absolute atomic E-state index is 11.4. The number of halogens is 1. The lowest BCUT2D eigenvalue weighted by Gasteiger charge is -2.00. The highest BCUT2D eigenvalue weighted by Gasteiger charge is 2.09. The minimum absolute atomic E-state index is 0.0524. The predicted molar refractivity (Wildman–Crippen MR) is 65.8 cm³/mol. The summed E-state index contributed by atoms with van der Waals surface area (Å²) in [4.78, 5) is 14.0. The van der Waals surface area contributed by atoms with E-state index >= 15 is 0 Å². The van der Waals surface area contributed by atoms with Crippen molar-refractivity contribution < 1.29 is 9.53 Å². The number of hydrogen-bond donors (Lipinski definition) is 0. The van der Waals surface area contributed by atoms with E-state index in [0.29, 0.717) is 0 Å². The molecule has 0 atom stereocenters. The van der Waals surface area contributed by atoms with Gasteiger partial charge in [0.15, 0.2) is 0 Å². The molecule has 16 heavy (non-hydrogen) atoms. The Balaban J connectivity index is 3.02. The van der Waals surface area contributed by atoms with Crippen molar-refractivity contribution in [2.24, 2.45) is 5.11 Å². The molecule has 0 amide bonds. The average Bonchev–Trinajstić information content (AvgIpc) is 2.64. The molecule has 0 fully saturated rings. The van der Waals surface area contributed by atoms with Gasteiger partial charge in [-0.15, -0.1) is 0 Å². The zero-order valence-corrected chi connectivity index (χ0v) is 10.8. The van der Waals surface area contributed by atoms with Crippen LogP contribution in [0.2, 0.25) is 0 Å². The molecule has 1 heterocycles. The predicted octanol–water partition coefficient (Wildman–Crippen LogP) is 3.72. The summed E-state index contributed by atoms with van der Waals surface area (Å²) < 4.78 is 5.60. The van der Waals surface area contributed by atoms with E-state index in [1.807, 2.05) is 10.8 Å². The first-order chi connectivity index (χ1) is 7.69. The van der Waals surface area contributed by atoms with Crippen molar-refractivity contribution in [2.45, 2.75) is 6.92 Å². The molecule has 0 aromatic carbocycles. The zero-order chi connectivity index (χ0) is 12.0. The summed E-state index contributed by atoms with van der Waals surface area (Å²) in [5.41, 5.74) is 9.08. The van der Waals surface area contributed by atoms with Crippen LogP contribution in [0.25, 0.3) is 16.5 Å². The summed E-state index contributed by atoms with van der Waals surface area (Å²) in [5, 5.41) is 7.00. The lowest BCUT2D eigenvalue weighted by Crippen LogP contribution is -2.05. The van der Waals surface area contributed by atoms with Gasteiger partial charge < -0.3 is 4.74 Å². The van der Waals surface area contributed by atoms with Gasteiger partial charge in [-0.2, -0.15) is 11.3 Å². The molecule has 1 rings (SSSR count). The van der Waals surface area contributed by atoms with Crippen molar-refractivity contribution in [1.29, 1.82) is 0 Å². The quantitative estimate of drug-likeness (QED) is 0.279. The second-order valence-electron chi connectivity index (χ2n) is 2.61. The van der Waals surface area contributed by atoms with Crippen LogP contribution in [0.4, 0.5) is 0 Å². The van der Waals surface area contributed by atoms with Crippen LogP contribution in [-0.2, 0) is 9.53 Å². The van der Waals surface area contributed by atoms with Gasteiger partial charge in [-0.25, -0.2) is 4.79 Å². The second kappa shape index (κ2) is 6.32. The minimum atomic E-state index is -0.626. The number of esters is 1. The molecule has 0 N–H and O–H groups in total. The van der Waals surface area contributed by atoms with Gasteiger partial charge in [0, 0.05) is 20.3 Å². The fourth-order valence-electron chi connectivity index (χ4n) is 0.923. The van der Waals surface area contributed by atoms with Crippen molar-refractivity contribution in [2.75, 3.05) is 6.61 Å². The van der Waals surface area contributed by atoms with Crippen molar-refractivity contribution in [1.82, 2.24) is 0 Å². The van der Waals surface area contributed by atoms with Crippen LogP contribution in [0.1, 0.15) is 12.5 Å². The Hall–Kier alpha value is -1.30. The van der Waals surface area contributed by atoms with Crippen LogP contribution in [0.3, 0.4) is 0 Å². The molecule has 0 radical (unpaired) electrons. The SMILES string of the molecule is CCOC(=O)/C(=C/c1cscc1Br)N=[N+]=[N-]. The Kier molecular flexibility index (Phi) is 5.04. The zero-order valence-electron chi connectivity index (χ0n) is 8.38. The van der Waals surface area contributed by atoms with E-state index in [1.165, 1.54) is 17.4 Å². The Morgan fingerprint density at radius 1 is 1.75 bits per heavy atom. The first kappa shape index (κ1) is 12.8. The van der Waals surface area contributed by atoms with Crippen molar-refractivity contribution in [3.8, 4) is 0 Å². The van der Waals surface area contributed by atoms with Gasteiger partial charge in [0.25, 0.3) is 0 Å². The average molecular weight is 302 g/mol. The summed E-state index contributed by atoms with van der Waals surface area (Å²) in [6, 6.07) is 0. The number of carbonyl (C=O) groups is 1. The highest BCUT2D eigenvalue weighted by Crippen LogP contribution is 2.24. The van der Waals surface area contributed by atoms with Gasteiger partial charge in [-0.1, -0.05) is 5.11 Å². The third-order valence-electron chi connectivity index (χ3n) is 1.57. The van der Waals surface area contributed by atoms with Crippen LogP contribution < -0.4 is 0 Å². The third kappa shape index (κ3) is 3.37. The summed E-state index contributed by atoms with van der Waals surface area (Å²) in [7, 11) is 0. The Bertz CT molecular complexity index is 463. The van der Waals surface area contributed by atoms with E-state index in [4.69, 9.17) is 10.3 Å². The van der Waals surface area contributed by atoms with Crippen molar-refractivity contribution in [3.05, 3.63) is 36.9 Å². The van der Waals surface area contributed by atoms with E-state index in [2.05, 4.69) is 26.0 Å². The number of hydrogen-bond acceptors (Lipinski definition) is 4. The molecule has 0 saturated heterocycles. The van der Waals surface area contributed by atoms with Crippen LogP contribution >= 0.6 is 27.3 Å². The lowest BCUT2D eigenvalue weighted by atomic mass is 10.3. The van der Waals surface area contributed by atoms with E-state index < -0.39 is 5.97 Å². The second-order valence-corrected chi connectivity index (χ2v) is 4.21. The summed E-state index contributed by atoms with van der Waals surface area (Å²) in [5.74, 6) is -0.626. The Morgan fingerprint density at radius 2 is 2.50 bits per heavy atom. The molecule has 0 aliphatic rings. The summed E-state index contributed by atoms with van der Waals surface area (Å²) >= 11 is 4.79. The fraction of sp³-hybridized carbons (Fsp3) is 0.222. The van der Waals surface area contributed by atoms with Gasteiger partial charge in [0.05, 0.1) is 6.61 Å². The molecular weight excluding hydrogens is 294 g/mol. The number of ether oxygens (including phenoxy) is 1. The lowest BCUT2D eigenvalue weighted by molar-refractivity contribution is -0.138. The van der Waals surface area contributed by atoms with Gasteiger partial charge in [-0.05, 0) is 39.8 Å². The third-order valence-corrected chi connectivity index (χ3v) is 3.32. The number of azide groups is 1. The largest absolute Gasteiger partial charge is 0.462 e. The molecule has 0 bridgehead atoms. The maximum atomic E-state index is 11.4. The molecule has 84 valence electrons. The molecule has 1 aromatic rings. The molecule has 0 aliphatic carbocycles. The number of thiophene rings is 1. The van der Waals surface area contributed by atoms with E-state index in [-0.39, 0.29) is 12.3 Å². The Morgan fingerprint density at radius 3 is 3.00 bits per heavy atom. The highest BCUT2D eigenvalue weighted by atomic mass is 79.9. The molecule has 7 heteroatoms. The van der Waals surface area contributed by atoms with Crippen LogP contribution in [0.5, 0.6) is 0 Å². The van der Waals surface area contributed by atoms with Gasteiger partial charge in [-0.3, -0.25) is 0 Å². The monoisotopic (exact) mass is 301 g/mol. The number of carbonyl (C=O) groups excluding carboxylic acids is 1. The van der Waals surface area contributed by atoms with Crippen LogP contribution in [-0.4, -0.2) is 12.6 Å². The molecule has 1 aromatic heterocycles. The molecule has 0 unspecified atom stereocenters. The van der Waals surface area contributed by atoms with Gasteiger partial charge in [0.1, 0.15) is 5.70 Å². The first-order valence-corrected chi connectivity index (χ1v) is 6.08. The Labute approximate surface area is 104 Å².